The minimum absolute atomic E-state index is 0.136. The number of hydrogen-bond acceptors (Lipinski definition) is 4. The second kappa shape index (κ2) is 6.01. The molecule has 0 aromatic heterocycles. The van der Waals surface area contributed by atoms with Crippen molar-refractivity contribution >= 4 is 28.9 Å². The first kappa shape index (κ1) is 17.4. The molecule has 0 bridgehead atoms. The quantitative estimate of drug-likeness (QED) is 0.902. The number of carbonyl (C=O) groups excluding carboxylic acids is 1. The average molecular weight is 366 g/mol. The Morgan fingerprint density at radius 1 is 1.15 bits per heavy atom. The number of carbonyl (C=O) groups is 2. The fraction of sp³-hybridized carbons (Fsp3) is 0.333. The molecule has 0 aliphatic carbocycles. The van der Waals surface area contributed by atoms with Gasteiger partial charge in [-0.25, -0.2) is 0 Å². The van der Waals surface area contributed by atoms with Gasteiger partial charge in [-0.15, -0.1) is 0 Å². The zero-order valence-electron chi connectivity index (χ0n) is 15.6. The Labute approximate surface area is 158 Å². The van der Waals surface area contributed by atoms with Crippen LogP contribution in [-0.4, -0.2) is 35.7 Å². The van der Waals surface area contributed by atoms with Gasteiger partial charge in [-0.2, -0.15) is 0 Å². The van der Waals surface area contributed by atoms with E-state index in [1.165, 1.54) is 0 Å². The molecule has 6 heteroatoms. The van der Waals surface area contributed by atoms with Gasteiger partial charge in [0.15, 0.2) is 5.60 Å². The Balaban J connectivity index is 1.72. The molecule has 2 heterocycles. The first-order valence-corrected chi connectivity index (χ1v) is 8.98. The molecule has 1 N–H and O–H groups in total. The highest BCUT2D eigenvalue weighted by Crippen LogP contribution is 2.43. The van der Waals surface area contributed by atoms with Crippen molar-refractivity contribution in [3.05, 3.63) is 48.0 Å². The van der Waals surface area contributed by atoms with E-state index in [-0.39, 0.29) is 11.8 Å². The van der Waals surface area contributed by atoms with E-state index in [1.54, 1.807) is 18.7 Å². The molecule has 2 aromatic rings. The van der Waals surface area contributed by atoms with Crippen LogP contribution in [0.15, 0.2) is 42.5 Å². The minimum atomic E-state index is -0.970. The molecule has 0 atom stereocenters. The molecule has 4 rings (SSSR count). The summed E-state index contributed by atoms with van der Waals surface area (Å²) in [6.07, 6.45) is 0. The van der Waals surface area contributed by atoms with E-state index in [0.717, 1.165) is 16.9 Å². The van der Waals surface area contributed by atoms with Crippen LogP contribution in [0.2, 0.25) is 0 Å². The van der Waals surface area contributed by atoms with E-state index in [4.69, 9.17) is 9.84 Å². The van der Waals surface area contributed by atoms with Crippen molar-refractivity contribution in [2.24, 2.45) is 5.92 Å². The molecular weight excluding hydrogens is 344 g/mol. The summed E-state index contributed by atoms with van der Waals surface area (Å²) < 4.78 is 5.95. The summed E-state index contributed by atoms with van der Waals surface area (Å²) in [6, 6.07) is 13.4. The molecule has 6 nitrogen and oxygen atoms in total. The molecule has 2 aliphatic rings. The van der Waals surface area contributed by atoms with E-state index in [0.29, 0.717) is 24.5 Å². The second-order valence-electron chi connectivity index (χ2n) is 7.68. The number of amides is 1. The molecular formula is C21H22N2O4. The van der Waals surface area contributed by atoms with Crippen LogP contribution >= 0.6 is 0 Å². The van der Waals surface area contributed by atoms with Gasteiger partial charge in [-0.3, -0.25) is 14.5 Å². The number of rotatable bonds is 3. The summed E-state index contributed by atoms with van der Waals surface area (Å²) in [4.78, 5) is 27.9. The van der Waals surface area contributed by atoms with Crippen LogP contribution in [0.1, 0.15) is 19.4 Å². The Hall–Kier alpha value is -3.02. The summed E-state index contributed by atoms with van der Waals surface area (Å²) in [6.45, 7) is 6.49. The van der Waals surface area contributed by atoms with Gasteiger partial charge in [0.1, 0.15) is 5.75 Å². The van der Waals surface area contributed by atoms with E-state index in [9.17, 15) is 9.59 Å². The zero-order chi connectivity index (χ0) is 19.3. The van der Waals surface area contributed by atoms with Crippen LogP contribution in [0.25, 0.3) is 0 Å². The van der Waals surface area contributed by atoms with Crippen LogP contribution in [0.3, 0.4) is 0 Å². The van der Waals surface area contributed by atoms with Crippen molar-refractivity contribution < 1.29 is 19.4 Å². The first-order valence-electron chi connectivity index (χ1n) is 8.98. The molecule has 1 saturated heterocycles. The first-order chi connectivity index (χ1) is 12.8. The van der Waals surface area contributed by atoms with E-state index in [2.05, 4.69) is 0 Å². The maximum Gasteiger partial charge on any atom is 0.310 e. The topological polar surface area (TPSA) is 70.1 Å². The van der Waals surface area contributed by atoms with E-state index in [1.807, 2.05) is 54.3 Å². The van der Waals surface area contributed by atoms with E-state index < -0.39 is 11.6 Å². The van der Waals surface area contributed by atoms with Gasteiger partial charge in [0.2, 0.25) is 0 Å². The summed E-state index contributed by atoms with van der Waals surface area (Å²) in [7, 11) is 0. The summed E-state index contributed by atoms with van der Waals surface area (Å²) in [5.41, 5.74) is 2.47. The van der Waals surface area contributed by atoms with Crippen LogP contribution < -0.4 is 14.5 Å². The molecule has 2 aromatic carbocycles. The lowest BCUT2D eigenvalue weighted by molar-refractivity contribution is -0.142. The van der Waals surface area contributed by atoms with Crippen molar-refractivity contribution in [1.29, 1.82) is 0 Å². The highest BCUT2D eigenvalue weighted by Gasteiger charge is 2.42. The van der Waals surface area contributed by atoms with Crippen molar-refractivity contribution in [3.63, 3.8) is 0 Å². The molecule has 0 unspecified atom stereocenters. The van der Waals surface area contributed by atoms with Gasteiger partial charge >= 0.3 is 5.97 Å². The normalized spacial score (nSPS) is 18.6. The summed E-state index contributed by atoms with van der Waals surface area (Å²) in [5.74, 6) is -0.555. The third-order valence-electron chi connectivity index (χ3n) is 5.12. The molecule has 2 aliphatic heterocycles. The lowest BCUT2D eigenvalue weighted by atomic mass is 9.99. The SMILES string of the molecule is Cc1ccc2c(c1)OC(C)(C)C(=O)N2c1cccc(N2CC(C(=O)O)C2)c1. The van der Waals surface area contributed by atoms with Crippen LogP contribution in [0.5, 0.6) is 5.75 Å². The number of nitrogens with zero attached hydrogens (tertiary/aromatic N) is 2. The number of hydrogen-bond donors (Lipinski definition) is 1. The number of anilines is 3. The van der Waals surface area contributed by atoms with Gasteiger partial charge in [-0.1, -0.05) is 12.1 Å². The Morgan fingerprint density at radius 3 is 2.56 bits per heavy atom. The third kappa shape index (κ3) is 2.91. The van der Waals surface area contributed by atoms with Crippen molar-refractivity contribution in [2.75, 3.05) is 22.9 Å². The van der Waals surface area contributed by atoms with Gasteiger partial charge in [0.05, 0.1) is 17.3 Å². The summed E-state index contributed by atoms with van der Waals surface area (Å²) >= 11 is 0. The standard InChI is InChI=1S/C21H22N2O4/c1-13-7-8-17-18(9-13)27-21(2,3)20(26)23(17)16-6-4-5-15(10-16)22-11-14(12-22)19(24)25/h4-10,14H,11-12H2,1-3H3,(H,24,25). The van der Waals surface area contributed by atoms with Crippen LogP contribution in [0, 0.1) is 12.8 Å². The monoisotopic (exact) mass is 366 g/mol. The van der Waals surface area contributed by atoms with Crippen LogP contribution in [0.4, 0.5) is 17.1 Å². The number of carboxylic acids is 1. The van der Waals surface area contributed by atoms with Crippen LogP contribution in [-0.2, 0) is 9.59 Å². The molecule has 0 radical (unpaired) electrons. The predicted octanol–water partition coefficient (Wildman–Crippen LogP) is 3.35. The maximum absolute atomic E-state index is 13.1. The number of carboxylic acid groups (broad SMARTS) is 1. The number of aliphatic carboxylic acids is 1. The zero-order valence-corrected chi connectivity index (χ0v) is 15.6. The Bertz CT molecular complexity index is 932. The molecule has 1 fully saturated rings. The van der Waals surface area contributed by atoms with Gasteiger partial charge in [-0.05, 0) is 56.7 Å². The molecule has 27 heavy (non-hydrogen) atoms. The highest BCUT2D eigenvalue weighted by molar-refractivity contribution is 6.08. The molecule has 1 amide bonds. The summed E-state index contributed by atoms with van der Waals surface area (Å²) in [5, 5.41) is 9.09. The maximum atomic E-state index is 13.1. The Kier molecular flexibility index (Phi) is 3.87. The minimum Gasteiger partial charge on any atom is -0.481 e. The van der Waals surface area contributed by atoms with Gasteiger partial charge in [0.25, 0.3) is 5.91 Å². The van der Waals surface area contributed by atoms with Crippen molar-refractivity contribution in [3.8, 4) is 5.75 Å². The highest BCUT2D eigenvalue weighted by atomic mass is 16.5. The van der Waals surface area contributed by atoms with Crippen molar-refractivity contribution in [2.45, 2.75) is 26.4 Å². The predicted molar refractivity (Wildman–Crippen MR) is 103 cm³/mol. The number of fused-ring (bicyclic) bond motifs is 1. The largest absolute Gasteiger partial charge is 0.481 e. The fourth-order valence-corrected chi connectivity index (χ4v) is 3.52. The molecule has 0 saturated carbocycles. The Morgan fingerprint density at radius 2 is 1.85 bits per heavy atom. The number of ether oxygens (including phenoxy) is 1. The van der Waals surface area contributed by atoms with E-state index >= 15 is 0 Å². The lowest BCUT2D eigenvalue weighted by Gasteiger charge is -2.41. The van der Waals surface area contributed by atoms with Crippen molar-refractivity contribution in [1.82, 2.24) is 0 Å². The van der Waals surface area contributed by atoms with Gasteiger partial charge in [0, 0.05) is 18.8 Å². The fourth-order valence-electron chi connectivity index (χ4n) is 3.52. The molecule has 140 valence electrons. The third-order valence-corrected chi connectivity index (χ3v) is 5.12. The molecule has 0 spiro atoms. The van der Waals surface area contributed by atoms with Gasteiger partial charge < -0.3 is 14.7 Å². The smallest absolute Gasteiger partial charge is 0.310 e. The number of benzene rings is 2. The average Bonchev–Trinajstić information content (AvgIpc) is 2.54. The lowest BCUT2D eigenvalue weighted by Crippen LogP contribution is -2.51. The second-order valence-corrected chi connectivity index (χ2v) is 7.68. The number of aryl methyl sites for hydroxylation is 1.